The van der Waals surface area contributed by atoms with E-state index in [9.17, 15) is 8.42 Å². The van der Waals surface area contributed by atoms with Crippen molar-refractivity contribution in [2.45, 2.75) is 50.8 Å². The number of hydrogen-bond acceptors (Lipinski definition) is 5. The molecule has 0 saturated heterocycles. The highest BCUT2D eigenvalue weighted by molar-refractivity contribution is 7.94. The van der Waals surface area contributed by atoms with Crippen LogP contribution in [0.1, 0.15) is 55.4 Å². The molecule has 0 radical (unpaired) electrons. The Morgan fingerprint density at radius 1 is 0.778 bits per heavy atom. The summed E-state index contributed by atoms with van der Waals surface area (Å²) in [4.78, 5) is 4.47. The highest BCUT2D eigenvalue weighted by Gasteiger charge is 2.30. The summed E-state index contributed by atoms with van der Waals surface area (Å²) in [5.74, 6) is 0.810. The predicted octanol–water partition coefficient (Wildman–Crippen LogP) is 6.64. The number of fused-ring (bicyclic) bond motifs is 5. The van der Waals surface area contributed by atoms with Crippen molar-refractivity contribution in [3.8, 4) is 11.5 Å². The maximum absolute atomic E-state index is 12.5. The first-order valence-electron chi connectivity index (χ1n) is 15.5. The van der Waals surface area contributed by atoms with Crippen molar-refractivity contribution in [1.29, 1.82) is 0 Å². The van der Waals surface area contributed by atoms with Crippen LogP contribution >= 0.6 is 0 Å². The van der Waals surface area contributed by atoms with Gasteiger partial charge >= 0.3 is 0 Å². The third kappa shape index (κ3) is 5.75. The Balaban J connectivity index is 0.000000159. The normalized spacial score (nSPS) is 16.4. The quantitative estimate of drug-likeness (QED) is 0.252. The Kier molecular flexibility index (Phi) is 8.52. The van der Waals surface area contributed by atoms with Gasteiger partial charge in [0, 0.05) is 23.4 Å². The van der Waals surface area contributed by atoms with Crippen molar-refractivity contribution in [3.63, 3.8) is 0 Å². The van der Waals surface area contributed by atoms with Gasteiger partial charge in [0.2, 0.25) is 9.84 Å². The topological polar surface area (TPSA) is 65.0 Å². The number of aliphatic imine (C=N–C) groups is 1. The van der Waals surface area contributed by atoms with Gasteiger partial charge in [-0.2, -0.15) is 0 Å². The lowest BCUT2D eigenvalue weighted by atomic mass is 9.70. The van der Waals surface area contributed by atoms with E-state index < -0.39 is 9.84 Å². The molecule has 0 spiro atoms. The Morgan fingerprint density at radius 3 is 2.22 bits per heavy atom. The first kappa shape index (κ1) is 30.6. The molecule has 0 saturated carbocycles. The molecule has 1 aliphatic heterocycles. The van der Waals surface area contributed by atoms with Gasteiger partial charge in [0.1, 0.15) is 0 Å². The van der Waals surface area contributed by atoms with E-state index in [-0.39, 0.29) is 4.90 Å². The minimum Gasteiger partial charge on any atom is -0.493 e. The SMILES string of the molecule is CCC1(CC)CC=c2ccc3c(c2C1)CC=c1ccccc1=3.COc1cc2c(cc1OC)S(=O)(=O)C=CN=C2c1ccccc1. The lowest BCUT2D eigenvalue weighted by molar-refractivity contribution is 0.264. The molecule has 0 aromatic heterocycles. The van der Waals surface area contributed by atoms with E-state index in [1.807, 2.05) is 30.3 Å². The van der Waals surface area contributed by atoms with E-state index in [0.717, 1.165) is 17.4 Å². The molecule has 230 valence electrons. The largest absolute Gasteiger partial charge is 0.493 e. The van der Waals surface area contributed by atoms with Crippen molar-refractivity contribution in [2.24, 2.45) is 10.4 Å². The summed E-state index contributed by atoms with van der Waals surface area (Å²) in [5.41, 5.74) is 5.57. The van der Waals surface area contributed by atoms with Gasteiger partial charge in [0.25, 0.3) is 0 Å². The van der Waals surface area contributed by atoms with Gasteiger partial charge < -0.3 is 9.47 Å². The first-order chi connectivity index (χ1) is 21.8. The maximum atomic E-state index is 12.5. The molecule has 2 aliphatic carbocycles. The molecule has 3 aliphatic rings. The Bertz CT molecular complexity index is 2150. The maximum Gasteiger partial charge on any atom is 0.202 e. The van der Waals surface area contributed by atoms with Crippen molar-refractivity contribution >= 4 is 27.7 Å². The molecule has 0 N–H and O–H groups in total. The van der Waals surface area contributed by atoms with Crippen LogP contribution in [0.5, 0.6) is 11.5 Å². The smallest absolute Gasteiger partial charge is 0.202 e. The van der Waals surface area contributed by atoms with Gasteiger partial charge in [0.15, 0.2) is 11.5 Å². The van der Waals surface area contributed by atoms with Gasteiger partial charge in [0.05, 0.1) is 30.2 Å². The summed E-state index contributed by atoms with van der Waals surface area (Å²) >= 11 is 0. The molecule has 1 heterocycles. The fourth-order valence-corrected chi connectivity index (χ4v) is 7.83. The van der Waals surface area contributed by atoms with Crippen LogP contribution in [0.3, 0.4) is 0 Å². The number of methoxy groups -OCH3 is 2. The van der Waals surface area contributed by atoms with Gasteiger partial charge in [-0.1, -0.05) is 92.7 Å². The monoisotopic (exact) mass is 617 g/mol. The summed E-state index contributed by atoms with van der Waals surface area (Å²) in [6, 6.07) is 26.0. The zero-order valence-corrected chi connectivity index (χ0v) is 27.2. The third-order valence-electron chi connectivity index (χ3n) is 9.59. The van der Waals surface area contributed by atoms with Crippen LogP contribution in [-0.4, -0.2) is 28.3 Å². The molecule has 6 heteroatoms. The van der Waals surface area contributed by atoms with Gasteiger partial charge in [-0.15, -0.1) is 0 Å². The van der Waals surface area contributed by atoms with E-state index in [4.69, 9.17) is 9.47 Å². The standard InChI is InChI=1S/C22H24.C17H15NO4S/c1-3-22(4-2)14-13-17-10-11-19-18-8-6-5-7-16(18)9-12-20(19)21(17)15-22;1-21-14-10-13-16(11-15(14)22-2)23(19,20)9-8-18-17(13)12-6-4-3-5-7-12/h5-11,13H,3-4,12,14-15H2,1-2H3;3-11H,1-2H3. The van der Waals surface area contributed by atoms with E-state index in [0.29, 0.717) is 28.2 Å². The molecule has 4 aromatic carbocycles. The van der Waals surface area contributed by atoms with Gasteiger partial charge in [-0.3, -0.25) is 4.99 Å². The fourth-order valence-electron chi connectivity index (χ4n) is 6.73. The molecule has 0 atom stereocenters. The minimum atomic E-state index is -3.61. The van der Waals surface area contributed by atoms with E-state index in [2.05, 4.69) is 67.4 Å². The number of rotatable bonds is 5. The Morgan fingerprint density at radius 2 is 1.49 bits per heavy atom. The molecule has 0 amide bonds. The molecule has 45 heavy (non-hydrogen) atoms. The first-order valence-corrected chi connectivity index (χ1v) is 17.1. The molecule has 5 nitrogen and oxygen atoms in total. The Labute approximate surface area is 265 Å². The van der Waals surface area contributed by atoms with Gasteiger partial charge in [-0.25, -0.2) is 8.42 Å². The Hall–Kier alpha value is -4.42. The fraction of sp³-hybridized carbons (Fsp3) is 0.256. The third-order valence-corrected chi connectivity index (χ3v) is 11.0. The zero-order valence-electron chi connectivity index (χ0n) is 26.3. The summed E-state index contributed by atoms with van der Waals surface area (Å²) < 4.78 is 35.5. The van der Waals surface area contributed by atoms with Crippen LogP contribution in [0.15, 0.2) is 100 Å². The highest BCUT2D eigenvalue weighted by atomic mass is 32.2. The summed E-state index contributed by atoms with van der Waals surface area (Å²) in [6.07, 6.45) is 12.4. The summed E-state index contributed by atoms with van der Waals surface area (Å²) in [6.45, 7) is 4.72. The van der Waals surface area contributed by atoms with E-state index in [1.165, 1.54) is 73.0 Å². The second-order valence-corrected chi connectivity index (χ2v) is 13.6. The van der Waals surface area contributed by atoms with Crippen LogP contribution in [0.4, 0.5) is 0 Å². The van der Waals surface area contributed by atoms with Crippen molar-refractivity contribution < 1.29 is 17.9 Å². The number of hydrogen-bond donors (Lipinski definition) is 0. The molecule has 4 aromatic rings. The van der Waals surface area contributed by atoms with Crippen LogP contribution in [0, 0.1) is 15.9 Å². The zero-order chi connectivity index (χ0) is 31.6. The second kappa shape index (κ2) is 12.5. The molecule has 0 bridgehead atoms. The van der Waals surface area contributed by atoms with Crippen molar-refractivity contribution in [3.05, 3.63) is 134 Å². The van der Waals surface area contributed by atoms with Crippen LogP contribution in [0.2, 0.25) is 0 Å². The lowest BCUT2D eigenvalue weighted by Crippen LogP contribution is -2.31. The van der Waals surface area contributed by atoms with Crippen LogP contribution < -0.4 is 19.9 Å². The lowest BCUT2D eigenvalue weighted by Gasteiger charge is -2.35. The molecule has 7 rings (SSSR count). The molecule has 0 fully saturated rings. The number of nitrogens with zero attached hydrogens (tertiary/aromatic N) is 1. The van der Waals surface area contributed by atoms with Gasteiger partial charge in [-0.05, 0) is 75.6 Å². The second-order valence-electron chi connectivity index (χ2n) is 11.8. The molecule has 0 unspecified atom stereocenters. The van der Waals surface area contributed by atoms with Crippen molar-refractivity contribution in [2.75, 3.05) is 14.2 Å². The summed E-state index contributed by atoms with van der Waals surface area (Å²) in [5, 5.41) is 6.85. The molecular weight excluding hydrogens is 578 g/mol. The number of ether oxygens (including phenoxy) is 2. The molecular formula is C39H39NO4S. The highest BCUT2D eigenvalue weighted by Crippen LogP contribution is 2.38. The summed E-state index contributed by atoms with van der Waals surface area (Å²) in [7, 11) is -0.633. The number of benzene rings is 4. The number of sulfone groups is 1. The van der Waals surface area contributed by atoms with Crippen molar-refractivity contribution in [1.82, 2.24) is 0 Å². The van der Waals surface area contributed by atoms with Crippen LogP contribution in [0.25, 0.3) is 12.2 Å². The van der Waals surface area contributed by atoms with E-state index >= 15 is 0 Å². The van der Waals surface area contributed by atoms with Crippen LogP contribution in [-0.2, 0) is 22.7 Å². The predicted molar refractivity (Wildman–Crippen MR) is 182 cm³/mol. The average molecular weight is 618 g/mol. The average Bonchev–Trinajstić information content (AvgIpc) is 3.22. The minimum absolute atomic E-state index is 0.145. The van der Waals surface area contributed by atoms with E-state index in [1.54, 1.807) is 17.2 Å².